The second-order valence-corrected chi connectivity index (χ2v) is 4.56. The van der Waals surface area contributed by atoms with Gasteiger partial charge in [-0.05, 0) is 37.6 Å². The Balaban J connectivity index is 2.81. The van der Waals surface area contributed by atoms with Crippen molar-refractivity contribution in [2.45, 2.75) is 13.8 Å². The largest absolute Gasteiger partial charge is 0.459 e. The Kier molecular flexibility index (Phi) is 7.73. The van der Waals surface area contributed by atoms with E-state index in [9.17, 15) is 4.79 Å². The van der Waals surface area contributed by atoms with E-state index in [0.717, 1.165) is 24.3 Å². The summed E-state index contributed by atoms with van der Waals surface area (Å²) in [6, 6.07) is 9.59. The summed E-state index contributed by atoms with van der Waals surface area (Å²) in [4.78, 5) is 14.0. The van der Waals surface area contributed by atoms with Crippen molar-refractivity contribution in [1.29, 1.82) is 5.26 Å². The number of methoxy groups -OCH3 is 1. The van der Waals surface area contributed by atoms with Crippen molar-refractivity contribution in [2.24, 2.45) is 0 Å². The maximum absolute atomic E-state index is 11.7. The van der Waals surface area contributed by atoms with E-state index in [2.05, 4.69) is 18.7 Å². The fraction of sp³-hybridized carbons (Fsp3) is 0.412. The number of carbonyl (C=O) groups is 1. The minimum atomic E-state index is -0.632. The first kappa shape index (κ1) is 17.7. The van der Waals surface area contributed by atoms with Crippen LogP contribution in [-0.2, 0) is 14.3 Å². The normalized spacial score (nSPS) is 10.9. The number of nitriles is 1. The molecule has 0 spiro atoms. The van der Waals surface area contributed by atoms with Gasteiger partial charge in [-0.15, -0.1) is 0 Å². The number of esters is 1. The molecule has 0 aliphatic rings. The van der Waals surface area contributed by atoms with Gasteiger partial charge in [0.15, 0.2) is 0 Å². The van der Waals surface area contributed by atoms with Gasteiger partial charge in [0.2, 0.25) is 0 Å². The van der Waals surface area contributed by atoms with Crippen molar-refractivity contribution in [1.82, 2.24) is 0 Å². The molecule has 1 aromatic carbocycles. The van der Waals surface area contributed by atoms with Gasteiger partial charge in [0.25, 0.3) is 0 Å². The summed E-state index contributed by atoms with van der Waals surface area (Å²) in [5.41, 5.74) is 1.88. The van der Waals surface area contributed by atoms with Gasteiger partial charge in [0.1, 0.15) is 18.2 Å². The molecule has 0 fully saturated rings. The number of rotatable bonds is 8. The summed E-state index contributed by atoms with van der Waals surface area (Å²) in [5, 5.41) is 9.07. The number of anilines is 1. The standard InChI is InChI=1S/C17H22N2O3/c1-4-19(5-2)16-8-6-14(7-9-16)12-15(13-18)17(20)22-11-10-21-3/h6-9,12H,4-5,10-11H2,1-3H3/b15-12+. The summed E-state index contributed by atoms with van der Waals surface area (Å²) in [5.74, 6) is -0.632. The van der Waals surface area contributed by atoms with Crippen molar-refractivity contribution >= 4 is 17.7 Å². The highest BCUT2D eigenvalue weighted by molar-refractivity contribution is 5.97. The van der Waals surface area contributed by atoms with E-state index in [4.69, 9.17) is 14.7 Å². The van der Waals surface area contributed by atoms with E-state index in [1.165, 1.54) is 13.2 Å². The lowest BCUT2D eigenvalue weighted by atomic mass is 10.1. The van der Waals surface area contributed by atoms with E-state index in [1.54, 1.807) is 0 Å². The molecule has 0 saturated heterocycles. The lowest BCUT2D eigenvalue weighted by Gasteiger charge is -2.20. The van der Waals surface area contributed by atoms with Crippen molar-refractivity contribution < 1.29 is 14.3 Å². The molecule has 0 radical (unpaired) electrons. The van der Waals surface area contributed by atoms with Gasteiger partial charge < -0.3 is 14.4 Å². The van der Waals surface area contributed by atoms with Gasteiger partial charge in [0.05, 0.1) is 6.61 Å². The number of benzene rings is 1. The summed E-state index contributed by atoms with van der Waals surface area (Å²) in [6.45, 7) is 6.50. The summed E-state index contributed by atoms with van der Waals surface area (Å²) in [6.07, 6.45) is 1.53. The van der Waals surface area contributed by atoms with Gasteiger partial charge in [0, 0.05) is 25.9 Å². The third-order valence-electron chi connectivity index (χ3n) is 3.19. The Labute approximate surface area is 131 Å². The van der Waals surface area contributed by atoms with Crippen molar-refractivity contribution in [3.8, 4) is 6.07 Å². The Hall–Kier alpha value is -2.32. The molecule has 0 bridgehead atoms. The second kappa shape index (κ2) is 9.59. The van der Waals surface area contributed by atoms with Gasteiger partial charge >= 0.3 is 5.97 Å². The molecule has 0 aromatic heterocycles. The van der Waals surface area contributed by atoms with Gasteiger partial charge in [-0.25, -0.2) is 4.79 Å². The Morgan fingerprint density at radius 3 is 2.36 bits per heavy atom. The van der Waals surface area contributed by atoms with Crippen LogP contribution in [0.3, 0.4) is 0 Å². The average Bonchev–Trinajstić information content (AvgIpc) is 2.55. The van der Waals surface area contributed by atoms with E-state index < -0.39 is 5.97 Å². The highest BCUT2D eigenvalue weighted by Gasteiger charge is 2.10. The maximum atomic E-state index is 11.7. The zero-order chi connectivity index (χ0) is 16.4. The first-order valence-corrected chi connectivity index (χ1v) is 7.29. The minimum absolute atomic E-state index is 0.0216. The number of hydrogen-bond acceptors (Lipinski definition) is 5. The molecule has 118 valence electrons. The molecule has 0 unspecified atom stereocenters. The highest BCUT2D eigenvalue weighted by Crippen LogP contribution is 2.17. The lowest BCUT2D eigenvalue weighted by molar-refractivity contribution is -0.139. The molecule has 0 N–H and O–H groups in total. The van der Waals surface area contributed by atoms with Gasteiger partial charge in [-0.1, -0.05) is 12.1 Å². The number of carbonyl (C=O) groups excluding carboxylic acids is 1. The minimum Gasteiger partial charge on any atom is -0.459 e. The Morgan fingerprint density at radius 2 is 1.86 bits per heavy atom. The number of nitrogens with zero attached hydrogens (tertiary/aromatic N) is 2. The molecule has 0 amide bonds. The maximum Gasteiger partial charge on any atom is 0.348 e. The van der Waals surface area contributed by atoms with Crippen LogP contribution in [0.25, 0.3) is 6.08 Å². The summed E-state index contributed by atoms with van der Waals surface area (Å²) < 4.78 is 9.74. The van der Waals surface area contributed by atoms with Crippen LogP contribution in [0.1, 0.15) is 19.4 Å². The quantitative estimate of drug-likeness (QED) is 0.320. The summed E-state index contributed by atoms with van der Waals surface area (Å²) in [7, 11) is 1.52. The smallest absolute Gasteiger partial charge is 0.348 e. The molecule has 0 aliphatic heterocycles. The van der Waals surface area contributed by atoms with Crippen LogP contribution in [0.4, 0.5) is 5.69 Å². The molecule has 0 aliphatic carbocycles. The van der Waals surface area contributed by atoms with Crippen LogP contribution in [0, 0.1) is 11.3 Å². The van der Waals surface area contributed by atoms with E-state index in [1.807, 2.05) is 30.3 Å². The second-order valence-electron chi connectivity index (χ2n) is 4.56. The van der Waals surface area contributed by atoms with Crippen molar-refractivity contribution in [2.75, 3.05) is 38.3 Å². The molecular weight excluding hydrogens is 280 g/mol. The molecule has 22 heavy (non-hydrogen) atoms. The zero-order valence-corrected chi connectivity index (χ0v) is 13.3. The third-order valence-corrected chi connectivity index (χ3v) is 3.19. The van der Waals surface area contributed by atoms with Crippen molar-refractivity contribution in [3.05, 3.63) is 35.4 Å². The summed E-state index contributed by atoms with van der Waals surface area (Å²) >= 11 is 0. The number of ether oxygens (including phenoxy) is 2. The average molecular weight is 302 g/mol. The predicted octanol–water partition coefficient (Wildman–Crippen LogP) is 2.63. The molecule has 5 heteroatoms. The van der Waals surface area contributed by atoms with E-state index >= 15 is 0 Å². The van der Waals surface area contributed by atoms with Crippen LogP contribution in [0.15, 0.2) is 29.8 Å². The Bertz CT molecular complexity index is 540. The van der Waals surface area contributed by atoms with Gasteiger partial charge in [-0.2, -0.15) is 5.26 Å². The SMILES string of the molecule is CCN(CC)c1ccc(/C=C(\C#N)C(=O)OCCOC)cc1. The molecule has 0 saturated carbocycles. The predicted molar refractivity (Wildman–Crippen MR) is 86.4 cm³/mol. The monoisotopic (exact) mass is 302 g/mol. The lowest BCUT2D eigenvalue weighted by Crippen LogP contribution is -2.21. The van der Waals surface area contributed by atoms with Gasteiger partial charge in [-0.3, -0.25) is 0 Å². The topological polar surface area (TPSA) is 62.6 Å². The first-order valence-electron chi connectivity index (χ1n) is 7.29. The Morgan fingerprint density at radius 1 is 1.23 bits per heavy atom. The third kappa shape index (κ3) is 5.23. The van der Waals surface area contributed by atoms with Crippen molar-refractivity contribution in [3.63, 3.8) is 0 Å². The molecule has 0 heterocycles. The van der Waals surface area contributed by atoms with E-state index in [-0.39, 0.29) is 12.2 Å². The molecule has 1 aromatic rings. The molecule has 5 nitrogen and oxygen atoms in total. The first-order chi connectivity index (χ1) is 10.7. The number of hydrogen-bond donors (Lipinski definition) is 0. The fourth-order valence-electron chi connectivity index (χ4n) is 1.97. The fourth-order valence-corrected chi connectivity index (χ4v) is 1.97. The molecule has 0 atom stereocenters. The highest BCUT2D eigenvalue weighted by atomic mass is 16.6. The van der Waals surface area contributed by atoms with Crippen LogP contribution < -0.4 is 4.90 Å². The zero-order valence-electron chi connectivity index (χ0n) is 13.3. The molecule has 1 rings (SSSR count). The van der Waals surface area contributed by atoms with Crippen LogP contribution in [0.5, 0.6) is 0 Å². The molecular formula is C17H22N2O3. The van der Waals surface area contributed by atoms with Crippen LogP contribution in [-0.4, -0.2) is 39.4 Å². The van der Waals surface area contributed by atoms with Crippen LogP contribution in [0.2, 0.25) is 0 Å². The van der Waals surface area contributed by atoms with Crippen LogP contribution >= 0.6 is 0 Å². The van der Waals surface area contributed by atoms with E-state index in [0.29, 0.717) is 6.61 Å².